The van der Waals surface area contributed by atoms with Gasteiger partial charge in [0.15, 0.2) is 5.82 Å². The second-order valence-electron chi connectivity index (χ2n) is 4.78. The van der Waals surface area contributed by atoms with Crippen LogP contribution in [-0.4, -0.2) is 16.5 Å². The predicted octanol–water partition coefficient (Wildman–Crippen LogP) is 3.57. The Bertz CT molecular complexity index is 686. The Labute approximate surface area is 127 Å². The van der Waals surface area contributed by atoms with E-state index >= 15 is 0 Å². The first-order valence-corrected chi connectivity index (χ1v) is 7.17. The van der Waals surface area contributed by atoms with Gasteiger partial charge in [0, 0.05) is 41.3 Å². The predicted molar refractivity (Wildman–Crippen MR) is 75.6 cm³/mol. The molecule has 0 aliphatic carbocycles. The van der Waals surface area contributed by atoms with E-state index in [1.54, 1.807) is 12.3 Å². The van der Waals surface area contributed by atoms with Crippen molar-refractivity contribution in [3.8, 4) is 11.4 Å². The van der Waals surface area contributed by atoms with Crippen molar-refractivity contribution in [3.05, 3.63) is 45.7 Å². The van der Waals surface area contributed by atoms with Crippen LogP contribution in [0.1, 0.15) is 16.8 Å². The van der Waals surface area contributed by atoms with Crippen LogP contribution in [0.5, 0.6) is 0 Å². The van der Waals surface area contributed by atoms with E-state index in [-0.39, 0.29) is 11.4 Å². The Kier molecular flexibility index (Phi) is 3.71. The fourth-order valence-corrected chi connectivity index (χ4v) is 2.67. The standard InChI is InChI=1S/C14H11BrF3N3/c15-9-1-2-10(11(5-9)14(16,17)18)13-20-7-8-6-19-4-3-12(8)21-13/h1-2,5,7,19H,3-4,6H2. The van der Waals surface area contributed by atoms with Gasteiger partial charge in [-0.2, -0.15) is 13.2 Å². The van der Waals surface area contributed by atoms with Crippen LogP contribution in [0.2, 0.25) is 0 Å². The summed E-state index contributed by atoms with van der Waals surface area (Å²) in [6.45, 7) is 1.43. The number of aromatic nitrogens is 2. The summed E-state index contributed by atoms with van der Waals surface area (Å²) in [6.07, 6.45) is -2.14. The molecule has 1 aromatic heterocycles. The number of fused-ring (bicyclic) bond motifs is 1. The number of hydrogen-bond acceptors (Lipinski definition) is 3. The summed E-state index contributed by atoms with van der Waals surface area (Å²) in [4.78, 5) is 8.42. The monoisotopic (exact) mass is 357 g/mol. The van der Waals surface area contributed by atoms with E-state index in [1.165, 1.54) is 6.07 Å². The fraction of sp³-hybridized carbons (Fsp3) is 0.286. The van der Waals surface area contributed by atoms with Crippen molar-refractivity contribution in [1.29, 1.82) is 0 Å². The minimum absolute atomic E-state index is 0.00651. The zero-order chi connectivity index (χ0) is 15.0. The van der Waals surface area contributed by atoms with E-state index in [1.807, 2.05) is 0 Å². The van der Waals surface area contributed by atoms with Gasteiger partial charge in [-0.05, 0) is 18.2 Å². The molecule has 0 radical (unpaired) electrons. The largest absolute Gasteiger partial charge is 0.417 e. The summed E-state index contributed by atoms with van der Waals surface area (Å²) in [5.41, 5.74) is 1.03. The maximum Gasteiger partial charge on any atom is 0.417 e. The van der Waals surface area contributed by atoms with E-state index in [0.29, 0.717) is 17.4 Å². The second kappa shape index (κ2) is 5.38. The zero-order valence-electron chi connectivity index (χ0n) is 10.8. The Morgan fingerprint density at radius 2 is 2.05 bits per heavy atom. The highest BCUT2D eigenvalue weighted by molar-refractivity contribution is 9.10. The van der Waals surface area contributed by atoms with Gasteiger partial charge in [0.2, 0.25) is 0 Å². The quantitative estimate of drug-likeness (QED) is 0.847. The Morgan fingerprint density at radius 1 is 1.24 bits per heavy atom. The second-order valence-corrected chi connectivity index (χ2v) is 5.70. The molecule has 0 fully saturated rings. The molecule has 0 atom stereocenters. The molecule has 110 valence electrons. The van der Waals surface area contributed by atoms with Gasteiger partial charge < -0.3 is 5.32 Å². The first-order valence-electron chi connectivity index (χ1n) is 6.38. The van der Waals surface area contributed by atoms with Gasteiger partial charge in [-0.15, -0.1) is 0 Å². The number of halogens is 4. The van der Waals surface area contributed by atoms with Crippen molar-refractivity contribution in [2.24, 2.45) is 0 Å². The molecule has 2 aromatic rings. The summed E-state index contributed by atoms with van der Waals surface area (Å²) in [5.74, 6) is 0.121. The topological polar surface area (TPSA) is 37.8 Å². The van der Waals surface area contributed by atoms with Gasteiger partial charge in [-0.3, -0.25) is 0 Å². The summed E-state index contributed by atoms with van der Waals surface area (Å²) in [6, 6.07) is 4.02. The molecule has 2 heterocycles. The van der Waals surface area contributed by atoms with Crippen LogP contribution in [-0.2, 0) is 19.1 Å². The molecule has 0 saturated carbocycles. The molecule has 0 bridgehead atoms. The number of hydrogen-bond donors (Lipinski definition) is 1. The van der Waals surface area contributed by atoms with Gasteiger partial charge in [0.25, 0.3) is 0 Å². The normalized spacial score (nSPS) is 14.9. The Morgan fingerprint density at radius 3 is 2.81 bits per heavy atom. The molecule has 0 amide bonds. The lowest BCUT2D eigenvalue weighted by Crippen LogP contribution is -2.25. The van der Waals surface area contributed by atoms with Crippen LogP contribution in [0.15, 0.2) is 28.9 Å². The molecule has 1 aliphatic heterocycles. The highest BCUT2D eigenvalue weighted by Crippen LogP contribution is 2.37. The Hall–Kier alpha value is -1.47. The average Bonchev–Trinajstić information content (AvgIpc) is 2.46. The van der Waals surface area contributed by atoms with Gasteiger partial charge in [0.05, 0.1) is 11.3 Å². The molecule has 0 unspecified atom stereocenters. The third-order valence-corrected chi connectivity index (χ3v) is 3.83. The number of rotatable bonds is 1. The van der Waals surface area contributed by atoms with Crippen LogP contribution < -0.4 is 5.32 Å². The summed E-state index contributed by atoms with van der Waals surface area (Å²) < 4.78 is 39.9. The van der Waals surface area contributed by atoms with Crippen LogP contribution in [0.4, 0.5) is 13.2 Å². The molecule has 7 heteroatoms. The van der Waals surface area contributed by atoms with Crippen molar-refractivity contribution in [1.82, 2.24) is 15.3 Å². The number of alkyl halides is 3. The highest BCUT2D eigenvalue weighted by Gasteiger charge is 2.34. The highest BCUT2D eigenvalue weighted by atomic mass is 79.9. The maximum atomic E-state index is 13.2. The summed E-state index contributed by atoms with van der Waals surface area (Å²) in [7, 11) is 0. The van der Waals surface area contributed by atoms with E-state index in [2.05, 4.69) is 31.2 Å². The summed E-state index contributed by atoms with van der Waals surface area (Å²) >= 11 is 3.07. The molecule has 0 spiro atoms. The van der Waals surface area contributed by atoms with Crippen molar-refractivity contribution >= 4 is 15.9 Å². The van der Waals surface area contributed by atoms with Crippen LogP contribution in [0, 0.1) is 0 Å². The first kappa shape index (κ1) is 14.5. The van der Waals surface area contributed by atoms with Gasteiger partial charge in [0.1, 0.15) is 0 Å². The molecule has 1 aromatic carbocycles. The molecular formula is C14H11BrF3N3. The average molecular weight is 358 g/mol. The van der Waals surface area contributed by atoms with Crippen LogP contribution in [0.3, 0.4) is 0 Å². The number of benzene rings is 1. The smallest absolute Gasteiger partial charge is 0.312 e. The van der Waals surface area contributed by atoms with Crippen molar-refractivity contribution in [2.45, 2.75) is 19.1 Å². The van der Waals surface area contributed by atoms with Gasteiger partial charge >= 0.3 is 6.18 Å². The van der Waals surface area contributed by atoms with Crippen LogP contribution >= 0.6 is 15.9 Å². The lowest BCUT2D eigenvalue weighted by molar-refractivity contribution is -0.137. The molecule has 0 saturated heterocycles. The minimum Gasteiger partial charge on any atom is -0.312 e. The van der Waals surface area contributed by atoms with Crippen molar-refractivity contribution in [2.75, 3.05) is 6.54 Å². The number of nitrogens with zero attached hydrogens (tertiary/aromatic N) is 2. The molecular weight excluding hydrogens is 347 g/mol. The van der Waals surface area contributed by atoms with Gasteiger partial charge in [-0.1, -0.05) is 15.9 Å². The van der Waals surface area contributed by atoms with E-state index in [0.717, 1.165) is 23.9 Å². The SMILES string of the molecule is FC(F)(F)c1cc(Br)ccc1-c1ncc2c(n1)CCNC2. The van der Waals surface area contributed by atoms with Crippen LogP contribution in [0.25, 0.3) is 11.4 Å². The third-order valence-electron chi connectivity index (χ3n) is 3.34. The first-order chi connectivity index (χ1) is 9.95. The third kappa shape index (κ3) is 2.94. The maximum absolute atomic E-state index is 13.2. The molecule has 3 rings (SSSR count). The minimum atomic E-state index is -4.44. The summed E-state index contributed by atoms with van der Waals surface area (Å²) in [5, 5.41) is 3.18. The van der Waals surface area contributed by atoms with E-state index in [9.17, 15) is 13.2 Å². The van der Waals surface area contributed by atoms with E-state index < -0.39 is 11.7 Å². The molecule has 1 N–H and O–H groups in total. The number of nitrogens with one attached hydrogen (secondary N) is 1. The zero-order valence-corrected chi connectivity index (χ0v) is 12.4. The molecule has 21 heavy (non-hydrogen) atoms. The lowest BCUT2D eigenvalue weighted by Gasteiger charge is -2.17. The van der Waals surface area contributed by atoms with Crippen molar-refractivity contribution in [3.63, 3.8) is 0 Å². The fourth-order valence-electron chi connectivity index (χ4n) is 2.31. The van der Waals surface area contributed by atoms with Crippen molar-refractivity contribution < 1.29 is 13.2 Å². The van der Waals surface area contributed by atoms with E-state index in [4.69, 9.17) is 0 Å². The Balaban J connectivity index is 2.12. The van der Waals surface area contributed by atoms with Gasteiger partial charge in [-0.25, -0.2) is 9.97 Å². The molecule has 3 nitrogen and oxygen atoms in total. The lowest BCUT2D eigenvalue weighted by atomic mass is 10.0. The molecule has 1 aliphatic rings.